The molecular formula is C16H19NO4. The summed E-state index contributed by atoms with van der Waals surface area (Å²) in [6, 6.07) is 3.49. The molecule has 5 nitrogen and oxygen atoms in total. The summed E-state index contributed by atoms with van der Waals surface area (Å²) in [5.41, 5.74) is 0.868. The Morgan fingerprint density at radius 3 is 2.62 bits per heavy atom. The minimum atomic E-state index is -0.565. The molecule has 1 aliphatic heterocycles. The van der Waals surface area contributed by atoms with Crippen LogP contribution >= 0.6 is 0 Å². The van der Waals surface area contributed by atoms with Crippen LogP contribution in [-0.2, 0) is 9.53 Å². The van der Waals surface area contributed by atoms with Crippen molar-refractivity contribution in [3.05, 3.63) is 29.3 Å². The first-order valence-corrected chi connectivity index (χ1v) is 6.70. The summed E-state index contributed by atoms with van der Waals surface area (Å²) < 4.78 is 10.4. The number of amides is 1. The summed E-state index contributed by atoms with van der Waals surface area (Å²) in [4.78, 5) is 24.2. The maximum Gasteiger partial charge on any atom is 0.343 e. The highest BCUT2D eigenvalue weighted by atomic mass is 16.5. The highest BCUT2D eigenvalue weighted by molar-refractivity contribution is 6.05. The number of benzene rings is 1. The fourth-order valence-electron chi connectivity index (χ4n) is 1.91. The number of carbonyl (C=O) groups excluding carboxylic acids is 2. The summed E-state index contributed by atoms with van der Waals surface area (Å²) in [7, 11) is 1.30. The zero-order valence-corrected chi connectivity index (χ0v) is 12.6. The Labute approximate surface area is 123 Å². The molecule has 1 amide bonds. The molecule has 1 aromatic carbocycles. The topological polar surface area (TPSA) is 64.6 Å². The van der Waals surface area contributed by atoms with Gasteiger partial charge in [0.15, 0.2) is 0 Å². The van der Waals surface area contributed by atoms with Crippen LogP contribution in [-0.4, -0.2) is 25.6 Å². The van der Waals surface area contributed by atoms with Crippen LogP contribution in [0.2, 0.25) is 0 Å². The average Bonchev–Trinajstić information content (AvgIpc) is 2.45. The molecule has 1 aliphatic rings. The van der Waals surface area contributed by atoms with Gasteiger partial charge >= 0.3 is 5.97 Å². The van der Waals surface area contributed by atoms with E-state index in [0.717, 1.165) is 5.56 Å². The van der Waals surface area contributed by atoms with E-state index in [-0.39, 0.29) is 11.5 Å². The number of nitrogens with one attached hydrogen (secondary N) is 1. The summed E-state index contributed by atoms with van der Waals surface area (Å²) in [5, 5.41) is 2.77. The second-order valence-electron chi connectivity index (χ2n) is 5.82. The zero-order chi connectivity index (χ0) is 15.6. The Bertz CT molecular complexity index is 611. The molecule has 0 saturated carbocycles. The van der Waals surface area contributed by atoms with Gasteiger partial charge < -0.3 is 14.8 Å². The van der Waals surface area contributed by atoms with Crippen molar-refractivity contribution in [2.45, 2.75) is 20.8 Å². The van der Waals surface area contributed by atoms with Gasteiger partial charge in [-0.1, -0.05) is 26.8 Å². The Hall–Kier alpha value is -2.30. The number of anilines is 1. The van der Waals surface area contributed by atoms with Crippen molar-refractivity contribution in [3.63, 3.8) is 0 Å². The Morgan fingerprint density at radius 2 is 2.00 bits per heavy atom. The maximum absolute atomic E-state index is 12.1. The first-order chi connectivity index (χ1) is 9.84. The van der Waals surface area contributed by atoms with Crippen LogP contribution in [0.15, 0.2) is 18.2 Å². The first kappa shape index (κ1) is 15.1. The van der Waals surface area contributed by atoms with Crippen molar-refractivity contribution >= 4 is 23.6 Å². The SMILES string of the molecule is COC(=O)c1c(NC(=O)C(C)(C)C)ccc2c1OCC=C2. The Balaban J connectivity index is 2.49. The van der Waals surface area contributed by atoms with E-state index in [2.05, 4.69) is 5.32 Å². The molecule has 1 N–H and O–H groups in total. The van der Waals surface area contributed by atoms with Crippen molar-refractivity contribution in [2.75, 3.05) is 19.0 Å². The van der Waals surface area contributed by atoms with Gasteiger partial charge in [-0.2, -0.15) is 0 Å². The van der Waals surface area contributed by atoms with Gasteiger partial charge in [0.05, 0.1) is 12.8 Å². The minimum absolute atomic E-state index is 0.182. The van der Waals surface area contributed by atoms with E-state index in [1.807, 2.05) is 12.2 Å². The number of rotatable bonds is 2. The van der Waals surface area contributed by atoms with Crippen LogP contribution in [0.5, 0.6) is 5.75 Å². The molecule has 0 aromatic heterocycles. The van der Waals surface area contributed by atoms with E-state index in [1.54, 1.807) is 32.9 Å². The first-order valence-electron chi connectivity index (χ1n) is 6.70. The largest absolute Gasteiger partial charge is 0.488 e. The molecule has 2 rings (SSSR count). The fourth-order valence-corrected chi connectivity index (χ4v) is 1.91. The third-order valence-electron chi connectivity index (χ3n) is 3.13. The molecule has 21 heavy (non-hydrogen) atoms. The molecule has 0 bridgehead atoms. The molecule has 0 atom stereocenters. The molecule has 112 valence electrons. The fraction of sp³-hybridized carbons (Fsp3) is 0.375. The van der Waals surface area contributed by atoms with Crippen molar-refractivity contribution in [1.29, 1.82) is 0 Å². The maximum atomic E-state index is 12.1. The summed E-state index contributed by atoms with van der Waals surface area (Å²) >= 11 is 0. The van der Waals surface area contributed by atoms with E-state index in [0.29, 0.717) is 18.0 Å². The van der Waals surface area contributed by atoms with Crippen LogP contribution in [0.25, 0.3) is 6.08 Å². The molecule has 0 radical (unpaired) electrons. The molecule has 0 unspecified atom stereocenters. The predicted molar refractivity (Wildman–Crippen MR) is 80.4 cm³/mol. The molecule has 1 aromatic rings. The second kappa shape index (κ2) is 5.60. The van der Waals surface area contributed by atoms with E-state index in [4.69, 9.17) is 9.47 Å². The van der Waals surface area contributed by atoms with Gasteiger partial charge in [0.2, 0.25) is 5.91 Å². The molecule has 5 heteroatoms. The van der Waals surface area contributed by atoms with Gasteiger partial charge in [-0.05, 0) is 18.2 Å². The predicted octanol–water partition coefficient (Wildman–Crippen LogP) is 2.86. The highest BCUT2D eigenvalue weighted by Gasteiger charge is 2.27. The normalized spacial score (nSPS) is 13.1. The minimum Gasteiger partial charge on any atom is -0.488 e. The molecule has 0 aliphatic carbocycles. The van der Waals surface area contributed by atoms with Gasteiger partial charge in [-0.15, -0.1) is 0 Å². The number of esters is 1. The zero-order valence-electron chi connectivity index (χ0n) is 12.6. The lowest BCUT2D eigenvalue weighted by atomic mass is 9.95. The van der Waals surface area contributed by atoms with Gasteiger partial charge in [-0.3, -0.25) is 4.79 Å². The van der Waals surface area contributed by atoms with Crippen LogP contribution in [0.4, 0.5) is 5.69 Å². The smallest absolute Gasteiger partial charge is 0.343 e. The van der Waals surface area contributed by atoms with Crippen LogP contribution in [0.3, 0.4) is 0 Å². The van der Waals surface area contributed by atoms with Crippen molar-refractivity contribution in [1.82, 2.24) is 0 Å². The molecule has 0 fully saturated rings. The molecular weight excluding hydrogens is 270 g/mol. The van der Waals surface area contributed by atoms with Crippen LogP contribution in [0.1, 0.15) is 36.7 Å². The van der Waals surface area contributed by atoms with E-state index in [9.17, 15) is 9.59 Å². The second-order valence-corrected chi connectivity index (χ2v) is 5.82. The van der Waals surface area contributed by atoms with E-state index < -0.39 is 11.4 Å². The van der Waals surface area contributed by atoms with Gasteiger partial charge in [0.1, 0.15) is 17.9 Å². The highest BCUT2D eigenvalue weighted by Crippen LogP contribution is 2.35. The van der Waals surface area contributed by atoms with Crippen molar-refractivity contribution < 1.29 is 19.1 Å². The van der Waals surface area contributed by atoms with E-state index in [1.165, 1.54) is 7.11 Å². The lowest BCUT2D eigenvalue weighted by Crippen LogP contribution is -2.28. The summed E-state index contributed by atoms with van der Waals surface area (Å²) in [6.07, 6.45) is 3.73. The van der Waals surface area contributed by atoms with E-state index >= 15 is 0 Å². The number of hydrogen-bond acceptors (Lipinski definition) is 4. The van der Waals surface area contributed by atoms with Crippen LogP contribution in [0, 0.1) is 5.41 Å². The Morgan fingerprint density at radius 1 is 1.29 bits per heavy atom. The molecule has 0 saturated heterocycles. The summed E-state index contributed by atoms with van der Waals surface area (Å²) in [6.45, 7) is 5.79. The lowest BCUT2D eigenvalue weighted by molar-refractivity contribution is -0.123. The quantitative estimate of drug-likeness (QED) is 0.850. The van der Waals surface area contributed by atoms with Gasteiger partial charge in [0.25, 0.3) is 0 Å². The average molecular weight is 289 g/mol. The van der Waals surface area contributed by atoms with Crippen molar-refractivity contribution in [3.8, 4) is 5.75 Å². The number of ether oxygens (including phenoxy) is 2. The third kappa shape index (κ3) is 3.07. The van der Waals surface area contributed by atoms with Gasteiger partial charge in [0, 0.05) is 11.0 Å². The third-order valence-corrected chi connectivity index (χ3v) is 3.13. The monoisotopic (exact) mass is 289 g/mol. The summed E-state index contributed by atoms with van der Waals surface area (Å²) in [5.74, 6) is -0.277. The number of carbonyl (C=O) groups is 2. The van der Waals surface area contributed by atoms with Gasteiger partial charge in [-0.25, -0.2) is 4.79 Å². The standard InChI is InChI=1S/C16H19NO4/c1-16(2,3)15(19)17-11-8-7-10-6-5-9-21-13(10)12(11)14(18)20-4/h5-8H,9H2,1-4H3,(H,17,19). The Kier molecular flexibility index (Phi) is 4.02. The lowest BCUT2D eigenvalue weighted by Gasteiger charge is -2.22. The van der Waals surface area contributed by atoms with Crippen LogP contribution < -0.4 is 10.1 Å². The number of hydrogen-bond donors (Lipinski definition) is 1. The number of methoxy groups -OCH3 is 1. The molecule has 0 spiro atoms. The number of fused-ring (bicyclic) bond motifs is 1. The molecule has 1 heterocycles. The van der Waals surface area contributed by atoms with Crippen molar-refractivity contribution in [2.24, 2.45) is 5.41 Å².